The first-order valence-corrected chi connectivity index (χ1v) is 10.8. The predicted octanol–water partition coefficient (Wildman–Crippen LogP) is 3.95. The average Bonchev–Trinajstić information content (AvgIpc) is 2.60. The van der Waals surface area contributed by atoms with Gasteiger partial charge in [0.05, 0.1) is 21.7 Å². The van der Waals surface area contributed by atoms with Crippen LogP contribution in [0, 0.1) is 0 Å². The van der Waals surface area contributed by atoms with E-state index in [-0.39, 0.29) is 22.6 Å². The number of amides is 1. The van der Waals surface area contributed by atoms with E-state index in [4.69, 9.17) is 28.3 Å². The Hall–Kier alpha value is -1.25. The Morgan fingerprint density at radius 2 is 1.81 bits per heavy atom. The second kappa shape index (κ2) is 8.63. The van der Waals surface area contributed by atoms with Crippen molar-refractivity contribution < 1.29 is 13.2 Å². The van der Waals surface area contributed by atoms with Gasteiger partial charge in [-0.05, 0) is 42.8 Å². The van der Waals surface area contributed by atoms with Gasteiger partial charge in [-0.2, -0.15) is 0 Å². The third-order valence-electron chi connectivity index (χ3n) is 3.91. The number of rotatable bonds is 6. The first kappa shape index (κ1) is 21.1. The van der Waals surface area contributed by atoms with Crippen LogP contribution in [-0.2, 0) is 14.8 Å². The minimum Gasteiger partial charge on any atom is -0.338 e. The lowest BCUT2D eigenvalue weighted by Gasteiger charge is -2.25. The van der Waals surface area contributed by atoms with Crippen LogP contribution in [0.5, 0.6) is 0 Å². The van der Waals surface area contributed by atoms with Crippen molar-refractivity contribution in [1.29, 1.82) is 0 Å². The molecule has 1 amide bonds. The summed E-state index contributed by atoms with van der Waals surface area (Å²) < 4.78 is 22.6. The number of primary sulfonamides is 1. The molecule has 1 atom stereocenters. The van der Waals surface area contributed by atoms with Gasteiger partial charge in [0.15, 0.2) is 0 Å². The third kappa shape index (κ3) is 5.37. The number of carbonyl (C=O) groups is 1. The molecule has 2 aromatic rings. The number of carbonyl (C=O) groups excluding carboxylic acids is 1. The number of nitrogens with zero attached hydrogens (tertiary/aromatic N) is 1. The molecule has 1 unspecified atom stereocenters. The molecule has 0 aliphatic heterocycles. The lowest BCUT2D eigenvalue weighted by Crippen LogP contribution is -2.31. The second-order valence-electron chi connectivity index (χ2n) is 5.66. The summed E-state index contributed by atoms with van der Waals surface area (Å²) in [5, 5.41) is 6.19. The fraction of sp³-hybridized carbons (Fsp3) is 0.235. The molecular formula is C17H18Cl2N2O3S2. The van der Waals surface area contributed by atoms with E-state index in [1.165, 1.54) is 23.9 Å². The van der Waals surface area contributed by atoms with Crippen LogP contribution in [0.25, 0.3) is 0 Å². The standard InChI is InChI=1S/C17H18Cl2N2O3S2/c1-11(12-3-6-14(7-4-12)26(20,23)24)21(2)17(22)10-25-16-9-13(18)5-8-15(16)19/h3-9,11H,10H2,1-2H3,(H2,20,23,24). The number of thioether (sulfide) groups is 1. The third-order valence-corrected chi connectivity index (χ3v) is 6.56. The molecule has 0 fully saturated rings. The number of hydrogen-bond donors (Lipinski definition) is 1. The van der Waals surface area contributed by atoms with E-state index in [9.17, 15) is 13.2 Å². The van der Waals surface area contributed by atoms with Crippen molar-refractivity contribution in [2.45, 2.75) is 22.8 Å². The summed E-state index contributed by atoms with van der Waals surface area (Å²) in [4.78, 5) is 14.8. The molecule has 140 valence electrons. The smallest absolute Gasteiger partial charge is 0.238 e. The summed E-state index contributed by atoms with van der Waals surface area (Å²) >= 11 is 13.4. The van der Waals surface area contributed by atoms with Crippen LogP contribution in [0.1, 0.15) is 18.5 Å². The van der Waals surface area contributed by atoms with Gasteiger partial charge in [-0.15, -0.1) is 11.8 Å². The number of benzene rings is 2. The summed E-state index contributed by atoms with van der Waals surface area (Å²) in [6.45, 7) is 1.86. The maximum Gasteiger partial charge on any atom is 0.238 e. The summed E-state index contributed by atoms with van der Waals surface area (Å²) in [6.07, 6.45) is 0. The lowest BCUT2D eigenvalue weighted by molar-refractivity contribution is -0.128. The minimum absolute atomic E-state index is 0.0357. The summed E-state index contributed by atoms with van der Waals surface area (Å²) in [5.74, 6) is 0.116. The van der Waals surface area contributed by atoms with E-state index in [0.29, 0.717) is 10.0 Å². The normalized spacial score (nSPS) is 12.7. The van der Waals surface area contributed by atoms with Gasteiger partial charge in [0, 0.05) is 17.0 Å². The molecule has 0 saturated heterocycles. The largest absolute Gasteiger partial charge is 0.338 e. The van der Waals surface area contributed by atoms with Gasteiger partial charge < -0.3 is 4.90 Å². The molecule has 0 saturated carbocycles. The Bertz CT molecular complexity index is 903. The van der Waals surface area contributed by atoms with Crippen molar-refractivity contribution in [3.8, 4) is 0 Å². The van der Waals surface area contributed by atoms with Crippen molar-refractivity contribution in [1.82, 2.24) is 4.90 Å². The monoisotopic (exact) mass is 432 g/mol. The average molecular weight is 433 g/mol. The van der Waals surface area contributed by atoms with Crippen LogP contribution in [0.3, 0.4) is 0 Å². The number of halogens is 2. The molecule has 2 aromatic carbocycles. The minimum atomic E-state index is -3.74. The molecular weight excluding hydrogens is 415 g/mol. The lowest BCUT2D eigenvalue weighted by atomic mass is 10.1. The SMILES string of the molecule is CC(c1ccc(S(N)(=O)=O)cc1)N(C)C(=O)CSc1cc(Cl)ccc1Cl. The highest BCUT2D eigenvalue weighted by molar-refractivity contribution is 8.00. The van der Waals surface area contributed by atoms with Crippen LogP contribution in [0.4, 0.5) is 0 Å². The van der Waals surface area contributed by atoms with Crippen molar-refractivity contribution in [3.63, 3.8) is 0 Å². The molecule has 0 bridgehead atoms. The van der Waals surface area contributed by atoms with Gasteiger partial charge in [0.25, 0.3) is 0 Å². The Kier molecular flexibility index (Phi) is 6.99. The molecule has 0 heterocycles. The fourth-order valence-electron chi connectivity index (χ4n) is 2.20. The van der Waals surface area contributed by atoms with Crippen LogP contribution >= 0.6 is 35.0 Å². The zero-order valence-corrected chi connectivity index (χ0v) is 17.3. The summed E-state index contributed by atoms with van der Waals surface area (Å²) in [7, 11) is -2.04. The first-order chi connectivity index (χ1) is 12.1. The predicted molar refractivity (Wildman–Crippen MR) is 106 cm³/mol. The van der Waals surface area contributed by atoms with Crippen molar-refractivity contribution in [2.75, 3.05) is 12.8 Å². The Morgan fingerprint density at radius 3 is 2.38 bits per heavy atom. The number of hydrogen-bond acceptors (Lipinski definition) is 4. The summed E-state index contributed by atoms with van der Waals surface area (Å²) in [6, 6.07) is 11.0. The number of nitrogens with two attached hydrogens (primary N) is 1. The van der Waals surface area contributed by atoms with Gasteiger partial charge in [-0.1, -0.05) is 35.3 Å². The van der Waals surface area contributed by atoms with E-state index in [2.05, 4.69) is 0 Å². The van der Waals surface area contributed by atoms with Gasteiger partial charge in [0.1, 0.15) is 0 Å². The van der Waals surface area contributed by atoms with Crippen molar-refractivity contribution in [2.24, 2.45) is 5.14 Å². The van der Waals surface area contributed by atoms with Gasteiger partial charge in [-0.3, -0.25) is 4.79 Å². The Balaban J connectivity index is 2.04. The first-order valence-electron chi connectivity index (χ1n) is 7.56. The molecule has 26 heavy (non-hydrogen) atoms. The van der Waals surface area contributed by atoms with Crippen LogP contribution in [0.2, 0.25) is 10.0 Å². The molecule has 0 aliphatic rings. The molecule has 0 spiro atoms. The topological polar surface area (TPSA) is 80.5 Å². The highest BCUT2D eigenvalue weighted by atomic mass is 35.5. The highest BCUT2D eigenvalue weighted by Gasteiger charge is 2.19. The Morgan fingerprint density at radius 1 is 1.19 bits per heavy atom. The fourth-order valence-corrected chi connectivity index (χ4v) is 4.14. The zero-order valence-electron chi connectivity index (χ0n) is 14.1. The summed E-state index contributed by atoms with van der Waals surface area (Å²) in [5.41, 5.74) is 0.805. The maximum absolute atomic E-state index is 12.5. The molecule has 2 N–H and O–H groups in total. The van der Waals surface area contributed by atoms with E-state index in [1.54, 1.807) is 42.3 Å². The van der Waals surface area contributed by atoms with Crippen molar-refractivity contribution >= 4 is 50.9 Å². The van der Waals surface area contributed by atoms with E-state index < -0.39 is 10.0 Å². The van der Waals surface area contributed by atoms with Crippen molar-refractivity contribution in [3.05, 3.63) is 58.1 Å². The molecule has 0 aromatic heterocycles. The quantitative estimate of drug-likeness (QED) is 0.700. The van der Waals surface area contributed by atoms with E-state index in [0.717, 1.165) is 10.5 Å². The Labute approximate surface area is 167 Å². The zero-order chi connectivity index (χ0) is 19.5. The molecule has 5 nitrogen and oxygen atoms in total. The van der Waals surface area contributed by atoms with E-state index in [1.807, 2.05) is 6.92 Å². The van der Waals surface area contributed by atoms with Gasteiger partial charge >= 0.3 is 0 Å². The van der Waals surface area contributed by atoms with Crippen LogP contribution in [0.15, 0.2) is 52.3 Å². The molecule has 9 heteroatoms. The van der Waals surface area contributed by atoms with Crippen LogP contribution in [-0.4, -0.2) is 32.0 Å². The van der Waals surface area contributed by atoms with Gasteiger partial charge in [-0.25, -0.2) is 13.6 Å². The molecule has 2 rings (SSSR count). The second-order valence-corrected chi connectivity index (χ2v) is 9.08. The number of sulfonamides is 1. The maximum atomic E-state index is 12.5. The molecule has 0 radical (unpaired) electrons. The molecule has 0 aliphatic carbocycles. The van der Waals surface area contributed by atoms with E-state index >= 15 is 0 Å². The highest BCUT2D eigenvalue weighted by Crippen LogP contribution is 2.30. The van der Waals surface area contributed by atoms with Crippen LogP contribution < -0.4 is 5.14 Å². The van der Waals surface area contributed by atoms with Gasteiger partial charge in [0.2, 0.25) is 15.9 Å².